The van der Waals surface area contributed by atoms with Crippen molar-refractivity contribution in [2.75, 3.05) is 20.2 Å². The summed E-state index contributed by atoms with van der Waals surface area (Å²) in [4.78, 5) is 14.9. The quantitative estimate of drug-likeness (QED) is 0.836. The van der Waals surface area contributed by atoms with Gasteiger partial charge in [0.15, 0.2) is 0 Å². The molecule has 0 aliphatic rings. The maximum Gasteiger partial charge on any atom is 0.263 e. The van der Waals surface area contributed by atoms with E-state index >= 15 is 0 Å². The molecule has 1 aromatic heterocycles. The topological polar surface area (TPSA) is 64.3 Å². The van der Waals surface area contributed by atoms with Gasteiger partial charge in [0.2, 0.25) is 0 Å². The average molecular weight is 262 g/mol. The second kappa shape index (κ2) is 7.50. The number of rotatable bonds is 4. The number of aliphatic hydroxyl groups excluding tert-OH is 1. The summed E-state index contributed by atoms with van der Waals surface area (Å²) in [5.41, 5.74) is 0. The van der Waals surface area contributed by atoms with Crippen LogP contribution in [0.1, 0.15) is 27.4 Å². The lowest BCUT2D eigenvalue weighted by atomic mass is 10.3. The summed E-state index contributed by atoms with van der Waals surface area (Å²) in [7, 11) is 1.68. The molecule has 5 heteroatoms. The van der Waals surface area contributed by atoms with Crippen LogP contribution in [0.25, 0.3) is 0 Å². The highest BCUT2D eigenvalue weighted by molar-refractivity contribution is 7.14. The Morgan fingerprint density at radius 3 is 2.94 bits per heavy atom. The van der Waals surface area contributed by atoms with Gasteiger partial charge in [-0.15, -0.1) is 11.3 Å². The lowest BCUT2D eigenvalue weighted by Crippen LogP contribution is -2.26. The fourth-order valence-electron chi connectivity index (χ4n) is 1.23. The lowest BCUT2D eigenvalue weighted by molar-refractivity contribution is 0.0803. The maximum atomic E-state index is 11.9. The van der Waals surface area contributed by atoms with Crippen molar-refractivity contribution in [2.24, 2.45) is 0 Å². The van der Waals surface area contributed by atoms with Crippen molar-refractivity contribution in [2.45, 2.75) is 12.8 Å². The van der Waals surface area contributed by atoms with E-state index in [0.29, 0.717) is 24.3 Å². The zero-order valence-electron chi connectivity index (χ0n) is 10.1. The van der Waals surface area contributed by atoms with Crippen LogP contribution >= 0.6 is 11.3 Å². The van der Waals surface area contributed by atoms with Crippen LogP contribution in [-0.2, 0) is 0 Å². The highest BCUT2D eigenvalue weighted by atomic mass is 32.1. The second-order valence-electron chi connectivity index (χ2n) is 3.57. The second-order valence-corrected chi connectivity index (χ2v) is 4.66. The van der Waals surface area contributed by atoms with Crippen molar-refractivity contribution in [3.8, 4) is 17.9 Å². The number of amides is 1. The molecule has 0 radical (unpaired) electrons. The number of nitrogens with zero attached hydrogens (tertiary/aromatic N) is 2. The summed E-state index contributed by atoms with van der Waals surface area (Å²) in [6, 6.07) is 5.54. The Hall–Kier alpha value is -1.82. The third-order valence-electron chi connectivity index (χ3n) is 2.17. The van der Waals surface area contributed by atoms with E-state index in [1.807, 2.05) is 6.07 Å². The van der Waals surface area contributed by atoms with Gasteiger partial charge in [-0.1, -0.05) is 11.8 Å². The monoisotopic (exact) mass is 262 g/mol. The molecule has 1 heterocycles. The summed E-state index contributed by atoms with van der Waals surface area (Å²) < 4.78 is 0. The van der Waals surface area contributed by atoms with Crippen LogP contribution in [0.15, 0.2) is 12.1 Å². The first-order valence-corrected chi connectivity index (χ1v) is 6.32. The highest BCUT2D eigenvalue weighted by Crippen LogP contribution is 2.17. The van der Waals surface area contributed by atoms with Gasteiger partial charge in [-0.05, 0) is 12.1 Å². The first-order chi connectivity index (χ1) is 8.69. The van der Waals surface area contributed by atoms with E-state index in [9.17, 15) is 4.79 Å². The molecule has 0 aromatic carbocycles. The molecule has 0 fully saturated rings. The molecule has 1 aromatic rings. The van der Waals surface area contributed by atoms with Crippen LogP contribution in [0, 0.1) is 23.2 Å². The standard InChI is InChI=1S/C13H14N2O2S/c1-15(9-4-8-14)13(17)12-7-6-11(18-12)5-2-3-10-16/h6-7,16H,3-4,9-10H2,1H3. The predicted molar refractivity (Wildman–Crippen MR) is 70.1 cm³/mol. The van der Waals surface area contributed by atoms with E-state index in [0.717, 1.165) is 4.88 Å². The maximum absolute atomic E-state index is 11.9. The van der Waals surface area contributed by atoms with Crippen molar-refractivity contribution < 1.29 is 9.90 Å². The summed E-state index contributed by atoms with van der Waals surface area (Å²) >= 11 is 1.32. The molecule has 0 unspecified atom stereocenters. The van der Waals surface area contributed by atoms with Crippen LogP contribution in [-0.4, -0.2) is 36.1 Å². The van der Waals surface area contributed by atoms with Crippen molar-refractivity contribution in [1.82, 2.24) is 4.90 Å². The lowest BCUT2D eigenvalue weighted by Gasteiger charge is -2.13. The SMILES string of the molecule is CN(CCC#N)C(=O)c1ccc(C#CCCO)s1. The first-order valence-electron chi connectivity index (χ1n) is 5.51. The summed E-state index contributed by atoms with van der Waals surface area (Å²) in [6.45, 7) is 0.472. The fraction of sp³-hybridized carbons (Fsp3) is 0.385. The van der Waals surface area contributed by atoms with Crippen LogP contribution in [0.2, 0.25) is 0 Å². The third-order valence-corrected chi connectivity index (χ3v) is 3.16. The zero-order valence-corrected chi connectivity index (χ0v) is 11.0. The minimum Gasteiger partial charge on any atom is -0.395 e. The normalized spacial score (nSPS) is 9.17. The predicted octanol–water partition coefficient (Wildman–Crippen LogP) is 1.47. The van der Waals surface area contributed by atoms with Gasteiger partial charge in [0.25, 0.3) is 5.91 Å². The van der Waals surface area contributed by atoms with Gasteiger partial charge in [0, 0.05) is 20.0 Å². The number of carbonyl (C=O) groups excluding carboxylic acids is 1. The number of thiophene rings is 1. The Kier molecular flexibility index (Phi) is 5.93. The van der Waals surface area contributed by atoms with Gasteiger partial charge < -0.3 is 10.0 Å². The average Bonchev–Trinajstić information content (AvgIpc) is 2.84. The van der Waals surface area contributed by atoms with Crippen molar-refractivity contribution in [1.29, 1.82) is 5.26 Å². The molecule has 18 heavy (non-hydrogen) atoms. The van der Waals surface area contributed by atoms with Gasteiger partial charge in [0.05, 0.1) is 28.9 Å². The van der Waals surface area contributed by atoms with Gasteiger partial charge >= 0.3 is 0 Å². The van der Waals surface area contributed by atoms with Crippen molar-refractivity contribution in [3.05, 3.63) is 21.9 Å². The molecule has 0 aliphatic heterocycles. The van der Waals surface area contributed by atoms with E-state index in [2.05, 4.69) is 11.8 Å². The van der Waals surface area contributed by atoms with Crippen molar-refractivity contribution in [3.63, 3.8) is 0 Å². The molecule has 4 nitrogen and oxygen atoms in total. The molecular formula is C13H14N2O2S. The Morgan fingerprint density at radius 1 is 1.50 bits per heavy atom. The summed E-state index contributed by atoms with van der Waals surface area (Å²) in [5.74, 6) is 5.61. The zero-order chi connectivity index (χ0) is 13.4. The van der Waals surface area contributed by atoms with Crippen LogP contribution < -0.4 is 0 Å². The summed E-state index contributed by atoms with van der Waals surface area (Å²) in [6.07, 6.45) is 0.764. The molecular weight excluding hydrogens is 248 g/mol. The van der Waals surface area contributed by atoms with E-state index < -0.39 is 0 Å². The van der Waals surface area contributed by atoms with E-state index in [-0.39, 0.29) is 12.5 Å². The van der Waals surface area contributed by atoms with Gasteiger partial charge in [-0.3, -0.25) is 4.79 Å². The number of hydrogen-bond donors (Lipinski definition) is 1. The molecule has 1 amide bonds. The van der Waals surface area contributed by atoms with E-state index in [4.69, 9.17) is 10.4 Å². The molecule has 0 aliphatic carbocycles. The number of aliphatic hydroxyl groups is 1. The Bertz CT molecular complexity index is 505. The Labute approximate surface area is 110 Å². The number of nitriles is 1. The minimum atomic E-state index is -0.0922. The van der Waals surface area contributed by atoms with Crippen LogP contribution in [0.4, 0.5) is 0 Å². The van der Waals surface area contributed by atoms with Gasteiger partial charge in [0.1, 0.15) is 0 Å². The smallest absolute Gasteiger partial charge is 0.263 e. The highest BCUT2D eigenvalue weighted by Gasteiger charge is 2.13. The molecule has 1 N–H and O–H groups in total. The summed E-state index contributed by atoms with van der Waals surface area (Å²) in [5, 5.41) is 17.1. The minimum absolute atomic E-state index is 0.0427. The third kappa shape index (κ3) is 4.21. The van der Waals surface area contributed by atoms with Crippen molar-refractivity contribution >= 4 is 17.2 Å². The Balaban J connectivity index is 2.66. The molecule has 0 spiro atoms. The molecule has 1 rings (SSSR count). The molecule has 0 bridgehead atoms. The number of carbonyl (C=O) groups is 1. The van der Waals surface area contributed by atoms with E-state index in [1.54, 1.807) is 19.2 Å². The van der Waals surface area contributed by atoms with Crippen LogP contribution in [0.3, 0.4) is 0 Å². The molecule has 94 valence electrons. The Morgan fingerprint density at radius 2 is 2.28 bits per heavy atom. The van der Waals surface area contributed by atoms with Gasteiger partial charge in [-0.25, -0.2) is 0 Å². The molecule has 0 atom stereocenters. The van der Waals surface area contributed by atoms with E-state index in [1.165, 1.54) is 16.2 Å². The number of hydrogen-bond acceptors (Lipinski definition) is 4. The van der Waals surface area contributed by atoms with Crippen LogP contribution in [0.5, 0.6) is 0 Å². The fourth-order valence-corrected chi connectivity index (χ4v) is 2.11. The largest absolute Gasteiger partial charge is 0.395 e. The first kappa shape index (κ1) is 14.2. The van der Waals surface area contributed by atoms with Gasteiger partial charge in [-0.2, -0.15) is 5.26 Å². The molecule has 0 saturated heterocycles. The molecule has 0 saturated carbocycles.